The molecule has 1 rings (SSSR count). The Morgan fingerprint density at radius 1 is 1.25 bits per heavy atom. The van der Waals surface area contributed by atoms with E-state index >= 15 is 0 Å². The van der Waals surface area contributed by atoms with Gasteiger partial charge in [0.15, 0.2) is 0 Å². The minimum atomic E-state index is 0.595. The second kappa shape index (κ2) is 5.00. The Balaban J connectivity index is 2.71. The van der Waals surface area contributed by atoms with Crippen molar-refractivity contribution in [1.82, 2.24) is 0 Å². The van der Waals surface area contributed by atoms with Gasteiger partial charge in [-0.3, -0.25) is 0 Å². The van der Waals surface area contributed by atoms with Crippen LogP contribution in [0.5, 0.6) is 0 Å². The fourth-order valence-electron chi connectivity index (χ4n) is 0.972. The molecule has 0 fully saturated rings. The van der Waals surface area contributed by atoms with Crippen LogP contribution in [0.25, 0.3) is 6.08 Å². The van der Waals surface area contributed by atoms with E-state index in [2.05, 4.69) is 43.3 Å². The first kappa shape index (κ1) is 9.34. The average Bonchev–Trinajstić information content (AvgIpc) is 2.15. The van der Waals surface area contributed by atoms with E-state index in [0.29, 0.717) is 5.88 Å². The molecule has 12 heavy (non-hydrogen) atoms. The summed E-state index contributed by atoms with van der Waals surface area (Å²) in [6.07, 6.45) is 5.35. The molecule has 1 aromatic carbocycles. The fraction of sp³-hybridized carbons (Fsp3) is 0.273. The van der Waals surface area contributed by atoms with Crippen LogP contribution in [0.2, 0.25) is 0 Å². The number of hydrogen-bond acceptors (Lipinski definition) is 0. The highest BCUT2D eigenvalue weighted by Gasteiger charge is 1.88. The maximum absolute atomic E-state index is 5.67. The highest BCUT2D eigenvalue weighted by molar-refractivity contribution is 6.17. The van der Waals surface area contributed by atoms with Gasteiger partial charge in [0, 0.05) is 5.88 Å². The standard InChI is InChI=1S/C11H13Cl/c1-2-3-4-10-5-7-11(9-12)8-6-10/h3-8H,2,9H2,1H3. The lowest BCUT2D eigenvalue weighted by atomic mass is 10.1. The largest absolute Gasteiger partial charge is 0.122 e. The van der Waals surface area contributed by atoms with Gasteiger partial charge in [0.25, 0.3) is 0 Å². The molecule has 0 bridgehead atoms. The van der Waals surface area contributed by atoms with Gasteiger partial charge in [-0.2, -0.15) is 0 Å². The Morgan fingerprint density at radius 3 is 2.42 bits per heavy atom. The molecule has 0 spiro atoms. The van der Waals surface area contributed by atoms with Crippen molar-refractivity contribution in [3.05, 3.63) is 41.5 Å². The zero-order valence-corrected chi connectivity index (χ0v) is 8.01. The first-order valence-corrected chi connectivity index (χ1v) is 4.71. The van der Waals surface area contributed by atoms with Gasteiger partial charge in [-0.05, 0) is 17.5 Å². The normalized spacial score (nSPS) is 10.8. The van der Waals surface area contributed by atoms with Crippen LogP contribution in [0, 0.1) is 0 Å². The quantitative estimate of drug-likeness (QED) is 0.620. The predicted molar refractivity (Wildman–Crippen MR) is 55.3 cm³/mol. The van der Waals surface area contributed by atoms with E-state index in [1.165, 1.54) is 11.1 Å². The van der Waals surface area contributed by atoms with Crippen molar-refractivity contribution in [1.29, 1.82) is 0 Å². The summed E-state index contributed by atoms with van der Waals surface area (Å²) in [7, 11) is 0. The third kappa shape index (κ3) is 2.71. The lowest BCUT2D eigenvalue weighted by Gasteiger charge is -1.95. The average molecular weight is 181 g/mol. The summed E-state index contributed by atoms with van der Waals surface area (Å²) in [6, 6.07) is 8.29. The van der Waals surface area contributed by atoms with Crippen LogP contribution >= 0.6 is 11.6 Å². The summed E-state index contributed by atoms with van der Waals surface area (Å²) in [5.74, 6) is 0.595. The van der Waals surface area contributed by atoms with Crippen LogP contribution < -0.4 is 0 Å². The Hall–Kier alpha value is -0.750. The molecule has 0 atom stereocenters. The van der Waals surface area contributed by atoms with E-state index in [0.717, 1.165) is 6.42 Å². The molecule has 0 aliphatic heterocycles. The molecule has 1 aromatic rings. The Bertz CT molecular complexity index is 246. The highest BCUT2D eigenvalue weighted by atomic mass is 35.5. The first-order valence-electron chi connectivity index (χ1n) is 4.18. The molecular weight excluding hydrogens is 168 g/mol. The number of benzene rings is 1. The van der Waals surface area contributed by atoms with E-state index in [9.17, 15) is 0 Å². The number of alkyl halides is 1. The molecule has 0 radical (unpaired) electrons. The van der Waals surface area contributed by atoms with Crippen molar-refractivity contribution in [3.8, 4) is 0 Å². The molecule has 0 heterocycles. The molecule has 0 aliphatic carbocycles. The SMILES string of the molecule is CCC=Cc1ccc(CCl)cc1. The van der Waals surface area contributed by atoms with E-state index in [1.54, 1.807) is 0 Å². The van der Waals surface area contributed by atoms with Crippen molar-refractivity contribution in [2.24, 2.45) is 0 Å². The second-order valence-corrected chi connectivity index (χ2v) is 2.95. The molecule has 1 heteroatoms. The van der Waals surface area contributed by atoms with Crippen molar-refractivity contribution in [3.63, 3.8) is 0 Å². The number of halogens is 1. The van der Waals surface area contributed by atoms with Gasteiger partial charge in [-0.1, -0.05) is 43.3 Å². The highest BCUT2D eigenvalue weighted by Crippen LogP contribution is 2.08. The Labute approximate surface area is 78.9 Å². The van der Waals surface area contributed by atoms with E-state index < -0.39 is 0 Å². The third-order valence-electron chi connectivity index (χ3n) is 1.68. The fourth-order valence-corrected chi connectivity index (χ4v) is 1.15. The minimum Gasteiger partial charge on any atom is -0.122 e. The molecule has 0 aromatic heterocycles. The Kier molecular flexibility index (Phi) is 3.89. The van der Waals surface area contributed by atoms with Crippen molar-refractivity contribution in [2.75, 3.05) is 0 Å². The summed E-state index contributed by atoms with van der Waals surface area (Å²) in [5.41, 5.74) is 2.41. The van der Waals surface area contributed by atoms with Crippen molar-refractivity contribution in [2.45, 2.75) is 19.2 Å². The summed E-state index contributed by atoms with van der Waals surface area (Å²) < 4.78 is 0. The maximum Gasteiger partial charge on any atom is 0.0474 e. The summed E-state index contributed by atoms with van der Waals surface area (Å²) >= 11 is 5.67. The molecule has 0 unspecified atom stereocenters. The first-order chi connectivity index (χ1) is 5.86. The van der Waals surface area contributed by atoms with Crippen molar-refractivity contribution < 1.29 is 0 Å². The molecule has 0 amide bonds. The number of allylic oxidation sites excluding steroid dienone is 1. The van der Waals surface area contributed by atoms with E-state index in [1.807, 2.05) is 0 Å². The van der Waals surface area contributed by atoms with Crippen LogP contribution in [0.1, 0.15) is 24.5 Å². The summed E-state index contributed by atoms with van der Waals surface area (Å²) in [4.78, 5) is 0. The molecule has 0 saturated carbocycles. The molecule has 0 N–H and O–H groups in total. The summed E-state index contributed by atoms with van der Waals surface area (Å²) in [5, 5.41) is 0. The topological polar surface area (TPSA) is 0 Å². The maximum atomic E-state index is 5.67. The molecular formula is C11H13Cl. The molecule has 0 nitrogen and oxygen atoms in total. The monoisotopic (exact) mass is 180 g/mol. The van der Waals surface area contributed by atoms with Gasteiger partial charge in [0.05, 0.1) is 0 Å². The lowest BCUT2D eigenvalue weighted by Crippen LogP contribution is -1.77. The number of rotatable bonds is 3. The number of hydrogen-bond donors (Lipinski definition) is 0. The second-order valence-electron chi connectivity index (χ2n) is 2.69. The van der Waals surface area contributed by atoms with Crippen LogP contribution in [0.4, 0.5) is 0 Å². The van der Waals surface area contributed by atoms with Crippen LogP contribution in [-0.2, 0) is 5.88 Å². The van der Waals surface area contributed by atoms with E-state index in [4.69, 9.17) is 11.6 Å². The third-order valence-corrected chi connectivity index (χ3v) is 1.99. The van der Waals surface area contributed by atoms with E-state index in [-0.39, 0.29) is 0 Å². The van der Waals surface area contributed by atoms with Gasteiger partial charge in [0.2, 0.25) is 0 Å². The van der Waals surface area contributed by atoms with Crippen LogP contribution in [-0.4, -0.2) is 0 Å². The zero-order chi connectivity index (χ0) is 8.81. The minimum absolute atomic E-state index is 0.595. The van der Waals surface area contributed by atoms with Gasteiger partial charge in [-0.15, -0.1) is 11.6 Å². The summed E-state index contributed by atoms with van der Waals surface area (Å²) in [6.45, 7) is 2.13. The van der Waals surface area contributed by atoms with Crippen LogP contribution in [0.15, 0.2) is 30.3 Å². The predicted octanol–water partition coefficient (Wildman–Crippen LogP) is 3.85. The van der Waals surface area contributed by atoms with Gasteiger partial charge in [0.1, 0.15) is 0 Å². The van der Waals surface area contributed by atoms with Gasteiger partial charge < -0.3 is 0 Å². The van der Waals surface area contributed by atoms with Gasteiger partial charge in [-0.25, -0.2) is 0 Å². The van der Waals surface area contributed by atoms with Gasteiger partial charge >= 0.3 is 0 Å². The lowest BCUT2D eigenvalue weighted by molar-refractivity contribution is 1.23. The molecule has 0 aliphatic rings. The molecule has 0 saturated heterocycles. The Morgan fingerprint density at radius 2 is 1.92 bits per heavy atom. The zero-order valence-electron chi connectivity index (χ0n) is 7.26. The smallest absolute Gasteiger partial charge is 0.0474 e. The molecule has 64 valence electrons. The van der Waals surface area contributed by atoms with Crippen molar-refractivity contribution >= 4 is 17.7 Å². The van der Waals surface area contributed by atoms with Crippen LogP contribution in [0.3, 0.4) is 0 Å².